The molecule has 2 aliphatic heterocycles. The Labute approximate surface area is 222 Å². The summed E-state index contributed by atoms with van der Waals surface area (Å²) in [6.07, 6.45) is 3.39. The van der Waals surface area contributed by atoms with Crippen LogP contribution in [0.1, 0.15) is 45.5 Å². The van der Waals surface area contributed by atoms with E-state index in [1.165, 1.54) is 61.2 Å². The highest BCUT2D eigenvalue weighted by molar-refractivity contribution is 7.91. The quantitative estimate of drug-likeness (QED) is 0.452. The average molecular weight is 539 g/mol. The molecule has 1 saturated heterocycles. The maximum Gasteiger partial charge on any atom is 0.259 e. The van der Waals surface area contributed by atoms with Gasteiger partial charge in [0, 0.05) is 36.4 Å². The fraction of sp³-hybridized carbons (Fsp3) is 0.286. The van der Waals surface area contributed by atoms with Crippen LogP contribution in [0.2, 0.25) is 5.02 Å². The van der Waals surface area contributed by atoms with E-state index in [1.54, 1.807) is 35.2 Å². The molecule has 7 nitrogen and oxygen atoms in total. The number of fused-ring (bicyclic) bond motifs is 2. The molecule has 2 N–H and O–H groups in total. The number of benzene rings is 3. The van der Waals surface area contributed by atoms with E-state index in [2.05, 4.69) is 5.32 Å². The van der Waals surface area contributed by atoms with Crippen molar-refractivity contribution in [2.75, 3.05) is 31.1 Å². The SMILES string of the molecule is O=C(NCCC[NH+]1CCCC1)c1ccc2c(c1)N(Cc1cccc(Cl)c1)C(=O)c1ccccc1S2(=O)=O. The molecule has 3 aromatic carbocycles. The van der Waals surface area contributed by atoms with Crippen LogP contribution < -0.4 is 15.1 Å². The van der Waals surface area contributed by atoms with Crippen LogP contribution in [0.3, 0.4) is 0 Å². The molecule has 2 heterocycles. The molecule has 192 valence electrons. The second-order valence-corrected chi connectivity index (χ2v) is 11.8. The van der Waals surface area contributed by atoms with Crippen molar-refractivity contribution in [1.82, 2.24) is 5.32 Å². The Morgan fingerprint density at radius 2 is 1.76 bits per heavy atom. The third kappa shape index (κ3) is 5.28. The Balaban J connectivity index is 1.48. The summed E-state index contributed by atoms with van der Waals surface area (Å²) in [5.41, 5.74) is 1.31. The van der Waals surface area contributed by atoms with E-state index in [0.29, 0.717) is 17.1 Å². The normalized spacial score (nSPS) is 16.7. The predicted molar refractivity (Wildman–Crippen MR) is 142 cm³/mol. The van der Waals surface area contributed by atoms with Gasteiger partial charge in [0.1, 0.15) is 0 Å². The van der Waals surface area contributed by atoms with Crippen LogP contribution in [0, 0.1) is 0 Å². The second-order valence-electron chi connectivity index (χ2n) is 9.52. The van der Waals surface area contributed by atoms with Crippen LogP contribution in [0.5, 0.6) is 0 Å². The van der Waals surface area contributed by atoms with Crippen LogP contribution in [0.25, 0.3) is 0 Å². The van der Waals surface area contributed by atoms with E-state index in [0.717, 1.165) is 18.5 Å². The first-order valence-corrected chi connectivity index (χ1v) is 14.4. The molecule has 3 aromatic rings. The largest absolute Gasteiger partial charge is 0.352 e. The highest BCUT2D eigenvalue weighted by Crippen LogP contribution is 2.38. The standard InChI is InChI=1S/C28H28ClN3O4S/c29-22-8-5-7-20(17-22)19-32-24-18-21(27(33)30-13-6-16-31-14-3-4-15-31)11-12-26(24)37(35,36)25-10-2-1-9-23(25)28(32)34/h1-2,5,7-12,17-18H,3-4,6,13-16,19H2,(H,30,33)/p+1. The molecule has 37 heavy (non-hydrogen) atoms. The Morgan fingerprint density at radius 3 is 2.54 bits per heavy atom. The molecular weight excluding hydrogens is 510 g/mol. The summed E-state index contributed by atoms with van der Waals surface area (Å²) in [5.74, 6) is -0.752. The van der Waals surface area contributed by atoms with Crippen molar-refractivity contribution in [3.63, 3.8) is 0 Å². The van der Waals surface area contributed by atoms with Gasteiger partial charge in [0.05, 0.1) is 47.2 Å². The van der Waals surface area contributed by atoms with Gasteiger partial charge in [-0.25, -0.2) is 8.42 Å². The zero-order valence-corrected chi connectivity index (χ0v) is 21.9. The summed E-state index contributed by atoms with van der Waals surface area (Å²) >= 11 is 6.17. The number of halogens is 1. The lowest BCUT2D eigenvalue weighted by molar-refractivity contribution is -0.887. The Kier molecular flexibility index (Phi) is 7.33. The predicted octanol–water partition coefficient (Wildman–Crippen LogP) is 3.13. The van der Waals surface area contributed by atoms with Crippen LogP contribution in [-0.4, -0.2) is 46.4 Å². The number of likely N-dealkylation sites (tertiary alicyclic amines) is 1. The zero-order chi connectivity index (χ0) is 26.0. The number of carbonyl (C=O) groups is 2. The Bertz CT molecular complexity index is 1450. The van der Waals surface area contributed by atoms with Gasteiger partial charge in [-0.15, -0.1) is 0 Å². The van der Waals surface area contributed by atoms with Crippen LogP contribution >= 0.6 is 11.6 Å². The first-order chi connectivity index (χ1) is 17.8. The molecular formula is C28H29ClN3O4S+. The van der Waals surface area contributed by atoms with Gasteiger partial charge < -0.3 is 15.1 Å². The minimum atomic E-state index is -4.00. The molecule has 0 bridgehead atoms. The first kappa shape index (κ1) is 25.4. The van der Waals surface area contributed by atoms with Crippen molar-refractivity contribution >= 4 is 38.9 Å². The van der Waals surface area contributed by atoms with Gasteiger partial charge in [-0.3, -0.25) is 9.59 Å². The maximum atomic E-state index is 13.7. The van der Waals surface area contributed by atoms with Crippen molar-refractivity contribution < 1.29 is 22.9 Å². The van der Waals surface area contributed by atoms with Gasteiger partial charge in [-0.2, -0.15) is 0 Å². The number of rotatable bonds is 7. The van der Waals surface area contributed by atoms with E-state index >= 15 is 0 Å². The molecule has 0 radical (unpaired) electrons. The van der Waals surface area contributed by atoms with Gasteiger partial charge >= 0.3 is 0 Å². The summed E-state index contributed by atoms with van der Waals surface area (Å²) < 4.78 is 27.3. The van der Waals surface area contributed by atoms with Crippen LogP contribution in [0.15, 0.2) is 76.5 Å². The summed E-state index contributed by atoms with van der Waals surface area (Å²) in [5, 5.41) is 3.45. The summed E-state index contributed by atoms with van der Waals surface area (Å²) in [4.78, 5) is 29.6. The van der Waals surface area contributed by atoms with E-state index in [1.807, 2.05) is 6.07 Å². The van der Waals surface area contributed by atoms with Crippen molar-refractivity contribution in [3.8, 4) is 0 Å². The molecule has 0 unspecified atom stereocenters. The fourth-order valence-electron chi connectivity index (χ4n) is 5.09. The van der Waals surface area contributed by atoms with Crippen LogP contribution in [0.4, 0.5) is 5.69 Å². The minimum absolute atomic E-state index is 0.0120. The van der Waals surface area contributed by atoms with Gasteiger partial charge in [0.2, 0.25) is 9.84 Å². The van der Waals surface area contributed by atoms with Crippen molar-refractivity contribution in [3.05, 3.63) is 88.4 Å². The van der Waals surface area contributed by atoms with E-state index < -0.39 is 15.7 Å². The molecule has 5 rings (SSSR count). The number of hydrogen-bond donors (Lipinski definition) is 2. The van der Waals surface area contributed by atoms with Crippen LogP contribution in [-0.2, 0) is 16.4 Å². The second kappa shape index (κ2) is 10.7. The van der Waals surface area contributed by atoms with E-state index in [-0.39, 0.29) is 33.5 Å². The third-order valence-corrected chi connectivity index (χ3v) is 9.08. The van der Waals surface area contributed by atoms with E-state index in [9.17, 15) is 18.0 Å². The highest BCUT2D eigenvalue weighted by Gasteiger charge is 2.36. The first-order valence-electron chi connectivity index (χ1n) is 12.5. The van der Waals surface area contributed by atoms with Gasteiger partial charge in [-0.05, 0) is 48.0 Å². The number of hydrogen-bond acceptors (Lipinski definition) is 4. The third-order valence-electron chi connectivity index (χ3n) is 6.99. The molecule has 2 aliphatic rings. The number of quaternary nitrogens is 1. The summed E-state index contributed by atoms with van der Waals surface area (Å²) in [6, 6.07) is 17.7. The molecule has 1 fully saturated rings. The summed E-state index contributed by atoms with van der Waals surface area (Å²) in [6.45, 7) is 4.02. The maximum absolute atomic E-state index is 13.7. The molecule has 0 atom stereocenters. The molecule has 9 heteroatoms. The Hall–Kier alpha value is -3.20. The van der Waals surface area contributed by atoms with Crippen molar-refractivity contribution in [2.24, 2.45) is 0 Å². The molecule has 0 spiro atoms. The zero-order valence-electron chi connectivity index (χ0n) is 20.4. The monoisotopic (exact) mass is 538 g/mol. The topological polar surface area (TPSA) is 88.0 Å². The van der Waals surface area contributed by atoms with E-state index in [4.69, 9.17) is 11.6 Å². The number of amides is 2. The number of carbonyl (C=O) groups excluding carboxylic acids is 2. The fourth-order valence-corrected chi connectivity index (χ4v) is 6.93. The highest BCUT2D eigenvalue weighted by atomic mass is 35.5. The van der Waals surface area contributed by atoms with Crippen molar-refractivity contribution in [2.45, 2.75) is 35.6 Å². The molecule has 0 aliphatic carbocycles. The number of nitrogens with zero attached hydrogens (tertiary/aromatic N) is 1. The van der Waals surface area contributed by atoms with Gasteiger partial charge in [0.15, 0.2) is 0 Å². The Morgan fingerprint density at radius 1 is 0.973 bits per heavy atom. The number of sulfone groups is 1. The molecule has 0 saturated carbocycles. The van der Waals surface area contributed by atoms with Crippen molar-refractivity contribution in [1.29, 1.82) is 0 Å². The number of anilines is 1. The number of nitrogens with one attached hydrogen (secondary N) is 2. The minimum Gasteiger partial charge on any atom is -0.352 e. The van der Waals surface area contributed by atoms with Gasteiger partial charge in [-0.1, -0.05) is 35.9 Å². The lowest BCUT2D eigenvalue weighted by Crippen LogP contribution is -3.10. The molecule has 0 aromatic heterocycles. The smallest absolute Gasteiger partial charge is 0.259 e. The average Bonchev–Trinajstić information content (AvgIpc) is 3.40. The van der Waals surface area contributed by atoms with Gasteiger partial charge in [0.25, 0.3) is 11.8 Å². The summed E-state index contributed by atoms with van der Waals surface area (Å²) in [7, 11) is -4.00. The lowest BCUT2D eigenvalue weighted by Gasteiger charge is -2.23. The lowest BCUT2D eigenvalue weighted by atomic mass is 10.1. The molecule has 2 amide bonds.